The third-order valence-corrected chi connectivity index (χ3v) is 3.06. The fourth-order valence-electron chi connectivity index (χ4n) is 2.01. The Balaban J connectivity index is 2.99. The summed E-state index contributed by atoms with van der Waals surface area (Å²) in [5.74, 6) is 5.31. The predicted molar refractivity (Wildman–Crippen MR) is 76.6 cm³/mol. The highest BCUT2D eigenvalue weighted by Gasteiger charge is 2.18. The van der Waals surface area contributed by atoms with Crippen molar-refractivity contribution in [2.45, 2.75) is 20.4 Å². The molecule has 0 aliphatic carbocycles. The Morgan fingerprint density at radius 2 is 2.30 bits per heavy atom. The van der Waals surface area contributed by atoms with Gasteiger partial charge in [0.05, 0.1) is 16.9 Å². The number of hydrogen-bond donors (Lipinski definition) is 2. The maximum atomic E-state index is 11.0. The van der Waals surface area contributed by atoms with Crippen molar-refractivity contribution >= 4 is 11.4 Å². The summed E-state index contributed by atoms with van der Waals surface area (Å²) >= 11 is 0. The highest BCUT2D eigenvalue weighted by atomic mass is 16.6. The lowest BCUT2D eigenvalue weighted by Gasteiger charge is -2.22. The molecule has 0 saturated carbocycles. The van der Waals surface area contributed by atoms with E-state index in [1.54, 1.807) is 12.1 Å². The Hall–Kier alpha value is -2.17. The van der Waals surface area contributed by atoms with Crippen molar-refractivity contribution in [3.05, 3.63) is 33.9 Å². The van der Waals surface area contributed by atoms with E-state index in [1.807, 2.05) is 18.7 Å². The lowest BCUT2D eigenvalue weighted by atomic mass is 10.1. The van der Waals surface area contributed by atoms with E-state index >= 15 is 0 Å². The number of nitrogens with one attached hydrogen (secondary N) is 1. The first-order chi connectivity index (χ1) is 9.53. The molecule has 1 unspecified atom stereocenters. The van der Waals surface area contributed by atoms with Crippen molar-refractivity contribution in [1.29, 1.82) is 5.26 Å². The second kappa shape index (κ2) is 7.43. The van der Waals surface area contributed by atoms with Crippen LogP contribution in [0.5, 0.6) is 0 Å². The van der Waals surface area contributed by atoms with Crippen LogP contribution < -0.4 is 11.3 Å². The average molecular weight is 277 g/mol. The molecule has 0 amide bonds. The first-order valence-electron chi connectivity index (χ1n) is 6.38. The molecule has 0 spiro atoms. The minimum atomic E-state index is -0.465. The summed E-state index contributed by atoms with van der Waals surface area (Å²) in [5.41, 5.74) is 3.43. The number of nitrogens with two attached hydrogens (primary N) is 1. The molecule has 20 heavy (non-hydrogen) atoms. The minimum absolute atomic E-state index is 0.0469. The molecule has 0 aliphatic rings. The molecule has 0 saturated heterocycles. The van der Waals surface area contributed by atoms with Crippen LogP contribution in [0.4, 0.5) is 11.4 Å². The van der Waals surface area contributed by atoms with Gasteiger partial charge >= 0.3 is 0 Å². The summed E-state index contributed by atoms with van der Waals surface area (Å²) < 4.78 is 0. The molecule has 0 radical (unpaired) electrons. The maximum Gasteiger partial charge on any atom is 0.293 e. The fourth-order valence-corrected chi connectivity index (χ4v) is 2.01. The number of nitrogen functional groups attached to an aromatic ring is 1. The Morgan fingerprint density at radius 3 is 2.80 bits per heavy atom. The van der Waals surface area contributed by atoms with E-state index in [2.05, 4.69) is 11.5 Å². The van der Waals surface area contributed by atoms with Crippen LogP contribution >= 0.6 is 0 Å². The number of nitro groups is 1. The van der Waals surface area contributed by atoms with Gasteiger partial charge in [-0.15, -0.1) is 0 Å². The van der Waals surface area contributed by atoms with Crippen molar-refractivity contribution in [3.63, 3.8) is 0 Å². The number of hydrazine groups is 1. The summed E-state index contributed by atoms with van der Waals surface area (Å²) in [6.45, 7) is 5.69. The van der Waals surface area contributed by atoms with Crippen LogP contribution in [0.25, 0.3) is 0 Å². The molecular formula is C13H19N5O2. The summed E-state index contributed by atoms with van der Waals surface area (Å²) in [5, 5.41) is 19.8. The Bertz CT molecular complexity index is 512. The molecule has 0 bridgehead atoms. The van der Waals surface area contributed by atoms with E-state index in [0.29, 0.717) is 18.8 Å². The summed E-state index contributed by atoms with van der Waals surface area (Å²) in [4.78, 5) is 12.5. The number of hydrogen-bond acceptors (Lipinski definition) is 6. The van der Waals surface area contributed by atoms with Gasteiger partial charge in [0.2, 0.25) is 0 Å². The molecule has 7 heteroatoms. The molecule has 0 aromatic heterocycles. The Morgan fingerprint density at radius 1 is 1.60 bits per heavy atom. The van der Waals surface area contributed by atoms with Crippen LogP contribution in [0, 0.1) is 27.4 Å². The largest absolute Gasteiger partial charge is 0.318 e. The van der Waals surface area contributed by atoms with Crippen molar-refractivity contribution in [2.75, 3.05) is 18.5 Å². The second-order valence-electron chi connectivity index (χ2n) is 4.57. The van der Waals surface area contributed by atoms with Gasteiger partial charge in [-0.1, -0.05) is 19.1 Å². The van der Waals surface area contributed by atoms with E-state index in [0.717, 1.165) is 12.1 Å². The number of nitriles is 1. The molecule has 3 N–H and O–H groups in total. The maximum absolute atomic E-state index is 11.0. The van der Waals surface area contributed by atoms with Gasteiger partial charge in [0.25, 0.3) is 5.69 Å². The van der Waals surface area contributed by atoms with Crippen molar-refractivity contribution in [3.8, 4) is 6.07 Å². The van der Waals surface area contributed by atoms with E-state index in [9.17, 15) is 10.1 Å². The van der Waals surface area contributed by atoms with Gasteiger partial charge in [0.15, 0.2) is 0 Å². The van der Waals surface area contributed by atoms with E-state index < -0.39 is 4.92 Å². The quantitative estimate of drug-likeness (QED) is 0.447. The van der Waals surface area contributed by atoms with Crippen molar-refractivity contribution in [1.82, 2.24) is 4.90 Å². The molecule has 1 aromatic rings. The third-order valence-electron chi connectivity index (χ3n) is 3.06. The second-order valence-corrected chi connectivity index (χ2v) is 4.57. The lowest BCUT2D eigenvalue weighted by molar-refractivity contribution is -0.384. The molecule has 1 rings (SSSR count). The first kappa shape index (κ1) is 15.9. The van der Waals surface area contributed by atoms with Gasteiger partial charge in [-0.05, 0) is 19.0 Å². The number of nitro benzene ring substituents is 1. The van der Waals surface area contributed by atoms with Crippen LogP contribution in [-0.4, -0.2) is 22.9 Å². The number of benzene rings is 1. The highest BCUT2D eigenvalue weighted by Crippen LogP contribution is 2.28. The lowest BCUT2D eigenvalue weighted by Crippen LogP contribution is -2.28. The van der Waals surface area contributed by atoms with Crippen LogP contribution in [0.2, 0.25) is 0 Å². The monoisotopic (exact) mass is 277 g/mol. The zero-order valence-corrected chi connectivity index (χ0v) is 11.7. The topological polar surface area (TPSA) is 108 Å². The number of para-hydroxylation sites is 1. The molecular weight excluding hydrogens is 258 g/mol. The van der Waals surface area contributed by atoms with Gasteiger partial charge in [-0.2, -0.15) is 5.26 Å². The summed E-state index contributed by atoms with van der Waals surface area (Å²) in [6, 6.07) is 7.02. The van der Waals surface area contributed by atoms with Gasteiger partial charge in [-0.25, -0.2) is 0 Å². The van der Waals surface area contributed by atoms with Crippen LogP contribution in [0.1, 0.15) is 19.4 Å². The molecule has 0 aliphatic heterocycles. The normalized spacial score (nSPS) is 11.9. The fraction of sp³-hybridized carbons (Fsp3) is 0.462. The molecule has 1 aromatic carbocycles. The SMILES string of the molecule is CCN(Cc1cccc([N+](=O)[O-])c1NN)CC(C)C#N. The number of anilines is 1. The smallest absolute Gasteiger partial charge is 0.293 e. The van der Waals surface area contributed by atoms with Gasteiger partial charge < -0.3 is 5.43 Å². The summed E-state index contributed by atoms with van der Waals surface area (Å²) in [7, 11) is 0. The minimum Gasteiger partial charge on any atom is -0.318 e. The molecule has 0 heterocycles. The van der Waals surface area contributed by atoms with Crippen molar-refractivity contribution in [2.24, 2.45) is 11.8 Å². The Labute approximate surface area is 118 Å². The van der Waals surface area contributed by atoms with Gasteiger partial charge in [0.1, 0.15) is 5.69 Å². The van der Waals surface area contributed by atoms with Crippen LogP contribution in [-0.2, 0) is 6.54 Å². The number of nitrogens with zero attached hydrogens (tertiary/aromatic N) is 3. The van der Waals surface area contributed by atoms with Crippen LogP contribution in [0.3, 0.4) is 0 Å². The standard InChI is InChI=1S/C13H19N5O2/c1-3-17(8-10(2)7-14)9-11-5-4-6-12(18(19)20)13(11)16-15/h4-6,10,16H,3,8-9,15H2,1-2H3. The first-order valence-corrected chi connectivity index (χ1v) is 6.38. The predicted octanol–water partition coefficient (Wildman–Crippen LogP) is 1.86. The molecule has 1 atom stereocenters. The highest BCUT2D eigenvalue weighted by molar-refractivity contribution is 5.65. The van der Waals surface area contributed by atoms with Crippen LogP contribution in [0.15, 0.2) is 18.2 Å². The molecule has 7 nitrogen and oxygen atoms in total. The average Bonchev–Trinajstić information content (AvgIpc) is 2.45. The van der Waals surface area contributed by atoms with Gasteiger partial charge in [-0.3, -0.25) is 20.9 Å². The molecule has 108 valence electrons. The third kappa shape index (κ3) is 3.91. The Kier molecular flexibility index (Phi) is 5.90. The van der Waals surface area contributed by atoms with E-state index in [-0.39, 0.29) is 11.6 Å². The van der Waals surface area contributed by atoms with E-state index in [1.165, 1.54) is 6.07 Å². The number of rotatable bonds is 7. The zero-order valence-electron chi connectivity index (χ0n) is 11.7. The molecule has 0 fully saturated rings. The van der Waals surface area contributed by atoms with Gasteiger partial charge in [0, 0.05) is 19.2 Å². The van der Waals surface area contributed by atoms with Crippen molar-refractivity contribution < 1.29 is 4.92 Å². The zero-order chi connectivity index (χ0) is 15.1. The van der Waals surface area contributed by atoms with E-state index in [4.69, 9.17) is 11.1 Å². The summed E-state index contributed by atoms with van der Waals surface area (Å²) in [6.07, 6.45) is 0.